The lowest BCUT2D eigenvalue weighted by Gasteiger charge is -2.37. The van der Waals surface area contributed by atoms with Crippen LogP contribution in [-0.4, -0.2) is 55.4 Å². The van der Waals surface area contributed by atoms with Gasteiger partial charge < -0.3 is 14.7 Å². The summed E-state index contributed by atoms with van der Waals surface area (Å²) in [6.07, 6.45) is 2.01. The number of anilines is 1. The largest absolute Gasteiger partial charge is 0.491 e. The van der Waals surface area contributed by atoms with Crippen molar-refractivity contribution in [2.24, 2.45) is 0 Å². The van der Waals surface area contributed by atoms with Crippen LogP contribution in [-0.2, 0) is 6.42 Å². The van der Waals surface area contributed by atoms with Crippen molar-refractivity contribution < 1.29 is 14.2 Å². The van der Waals surface area contributed by atoms with E-state index < -0.39 is 6.10 Å². The Morgan fingerprint density at radius 2 is 1.69 bits per heavy atom. The molecule has 1 N–H and O–H groups in total. The zero-order valence-electron chi connectivity index (χ0n) is 16.4. The maximum absolute atomic E-state index is 13.9. The molecule has 1 aliphatic rings. The third-order valence-corrected chi connectivity index (χ3v) is 4.80. The fourth-order valence-electron chi connectivity index (χ4n) is 3.39. The average molecular weight is 443 g/mol. The van der Waals surface area contributed by atoms with Crippen molar-refractivity contribution in [1.82, 2.24) is 4.90 Å². The van der Waals surface area contributed by atoms with Crippen molar-refractivity contribution in [3.05, 3.63) is 72.6 Å². The van der Waals surface area contributed by atoms with E-state index in [4.69, 9.17) is 4.74 Å². The summed E-state index contributed by atoms with van der Waals surface area (Å²) >= 11 is 0. The summed E-state index contributed by atoms with van der Waals surface area (Å²) in [5.41, 5.74) is 1.72. The van der Waals surface area contributed by atoms with Crippen LogP contribution in [0.15, 0.2) is 61.2 Å². The summed E-state index contributed by atoms with van der Waals surface area (Å²) in [7, 11) is 0. The molecule has 0 bridgehead atoms. The summed E-state index contributed by atoms with van der Waals surface area (Å²) in [5.74, 6) is 0.610. The Morgan fingerprint density at radius 3 is 2.38 bits per heavy atom. The number of ether oxygens (including phenoxy) is 1. The van der Waals surface area contributed by atoms with Gasteiger partial charge in [-0.15, -0.1) is 31.4 Å². The van der Waals surface area contributed by atoms with Gasteiger partial charge in [0.1, 0.15) is 24.3 Å². The predicted molar refractivity (Wildman–Crippen MR) is 121 cm³/mol. The van der Waals surface area contributed by atoms with Gasteiger partial charge in [0, 0.05) is 32.7 Å². The second-order valence-electron chi connectivity index (χ2n) is 6.80. The lowest BCUT2D eigenvalue weighted by Crippen LogP contribution is -2.49. The first-order valence-corrected chi connectivity index (χ1v) is 9.39. The van der Waals surface area contributed by atoms with Crippen molar-refractivity contribution in [3.63, 3.8) is 0 Å². The standard InChI is InChI=1S/C22H27FN2O2.2ClH/c1-2-7-18-8-3-6-11-22(18)27-17-19(26)16-24-12-14-25(15-13-24)21-10-5-4-9-20(21)23;;/h2-6,8-11,19,26H,1,7,12-17H2;2*1H. The molecule has 160 valence electrons. The Hall–Kier alpha value is -1.79. The number of benzene rings is 2. The van der Waals surface area contributed by atoms with Crippen molar-refractivity contribution in [2.75, 3.05) is 44.2 Å². The van der Waals surface area contributed by atoms with Crippen LogP contribution in [0.2, 0.25) is 0 Å². The second-order valence-corrected chi connectivity index (χ2v) is 6.80. The van der Waals surface area contributed by atoms with Gasteiger partial charge in [0.15, 0.2) is 0 Å². The molecule has 1 unspecified atom stereocenters. The quantitative estimate of drug-likeness (QED) is 0.627. The zero-order chi connectivity index (χ0) is 19.1. The molecule has 2 aromatic rings. The predicted octanol–water partition coefficient (Wildman–Crippen LogP) is 3.96. The number of rotatable bonds is 8. The van der Waals surface area contributed by atoms with Gasteiger partial charge in [-0.3, -0.25) is 4.90 Å². The molecular weight excluding hydrogens is 414 g/mol. The van der Waals surface area contributed by atoms with E-state index in [2.05, 4.69) is 16.4 Å². The van der Waals surface area contributed by atoms with E-state index in [-0.39, 0.29) is 37.2 Å². The molecule has 0 saturated carbocycles. The first-order chi connectivity index (χ1) is 13.2. The lowest BCUT2D eigenvalue weighted by atomic mass is 10.1. The number of piperazine rings is 1. The highest BCUT2D eigenvalue weighted by Crippen LogP contribution is 2.21. The van der Waals surface area contributed by atoms with Gasteiger partial charge in [0.25, 0.3) is 0 Å². The van der Waals surface area contributed by atoms with E-state index >= 15 is 0 Å². The Labute approximate surface area is 184 Å². The van der Waals surface area contributed by atoms with Crippen molar-refractivity contribution in [1.29, 1.82) is 0 Å². The van der Waals surface area contributed by atoms with Crippen molar-refractivity contribution in [3.8, 4) is 5.75 Å². The SMILES string of the molecule is C=CCc1ccccc1OCC(O)CN1CCN(c2ccccc2F)CC1.Cl.Cl. The monoisotopic (exact) mass is 442 g/mol. The number of hydrogen-bond donors (Lipinski definition) is 1. The van der Waals surface area contributed by atoms with Gasteiger partial charge in [0.05, 0.1) is 5.69 Å². The first kappa shape index (κ1) is 25.2. The molecule has 1 saturated heterocycles. The highest BCUT2D eigenvalue weighted by atomic mass is 35.5. The van der Waals surface area contributed by atoms with E-state index in [1.165, 1.54) is 6.07 Å². The topological polar surface area (TPSA) is 35.9 Å². The minimum Gasteiger partial charge on any atom is -0.491 e. The van der Waals surface area contributed by atoms with Crippen LogP contribution in [0, 0.1) is 5.82 Å². The Bertz CT molecular complexity index is 755. The minimum absolute atomic E-state index is 0. The molecule has 1 fully saturated rings. The van der Waals surface area contributed by atoms with Gasteiger partial charge in [-0.25, -0.2) is 4.39 Å². The van der Waals surface area contributed by atoms with Crippen LogP contribution in [0.5, 0.6) is 5.75 Å². The van der Waals surface area contributed by atoms with Crippen LogP contribution in [0.25, 0.3) is 0 Å². The summed E-state index contributed by atoms with van der Waals surface area (Å²) in [6.45, 7) is 7.64. The molecule has 0 radical (unpaired) electrons. The smallest absolute Gasteiger partial charge is 0.146 e. The molecule has 0 amide bonds. The van der Waals surface area contributed by atoms with Gasteiger partial charge >= 0.3 is 0 Å². The number of hydrogen-bond acceptors (Lipinski definition) is 4. The fourth-order valence-corrected chi connectivity index (χ4v) is 3.39. The van der Waals surface area contributed by atoms with Crippen LogP contribution in [0.3, 0.4) is 0 Å². The molecule has 1 heterocycles. The number of nitrogens with zero attached hydrogens (tertiary/aromatic N) is 2. The third-order valence-electron chi connectivity index (χ3n) is 4.80. The van der Waals surface area contributed by atoms with Crippen LogP contribution < -0.4 is 9.64 Å². The van der Waals surface area contributed by atoms with Crippen molar-refractivity contribution >= 4 is 30.5 Å². The Morgan fingerprint density at radius 1 is 1.03 bits per heavy atom. The minimum atomic E-state index is -0.568. The first-order valence-electron chi connectivity index (χ1n) is 9.39. The summed E-state index contributed by atoms with van der Waals surface area (Å²) < 4.78 is 19.7. The zero-order valence-corrected chi connectivity index (χ0v) is 18.0. The summed E-state index contributed by atoms with van der Waals surface area (Å²) in [6, 6.07) is 14.7. The molecule has 0 spiro atoms. The summed E-state index contributed by atoms with van der Waals surface area (Å²) in [4.78, 5) is 4.25. The number of para-hydroxylation sites is 2. The number of aliphatic hydroxyl groups is 1. The Balaban J connectivity index is 0.00000210. The van der Waals surface area contributed by atoms with E-state index in [0.29, 0.717) is 12.2 Å². The molecule has 0 aliphatic carbocycles. The molecule has 1 atom stereocenters. The van der Waals surface area contributed by atoms with Crippen LogP contribution >= 0.6 is 24.8 Å². The molecule has 29 heavy (non-hydrogen) atoms. The van der Waals surface area contributed by atoms with Crippen molar-refractivity contribution in [2.45, 2.75) is 12.5 Å². The van der Waals surface area contributed by atoms with Gasteiger partial charge in [-0.2, -0.15) is 0 Å². The Kier molecular flexibility index (Phi) is 11.1. The van der Waals surface area contributed by atoms with Crippen LogP contribution in [0.4, 0.5) is 10.1 Å². The second kappa shape index (κ2) is 12.7. The number of aliphatic hydroxyl groups excluding tert-OH is 1. The molecule has 2 aromatic carbocycles. The number of β-amino-alcohol motifs (C(OH)–C–C–N with tert-alkyl or cyclic N) is 1. The van der Waals surface area contributed by atoms with Gasteiger partial charge in [-0.05, 0) is 30.2 Å². The van der Waals surface area contributed by atoms with Crippen LogP contribution in [0.1, 0.15) is 5.56 Å². The maximum atomic E-state index is 13.9. The van der Waals surface area contributed by atoms with Gasteiger partial charge in [-0.1, -0.05) is 36.4 Å². The lowest BCUT2D eigenvalue weighted by molar-refractivity contribution is 0.0660. The number of halogens is 3. The van der Waals surface area contributed by atoms with E-state index in [1.54, 1.807) is 6.07 Å². The number of allylic oxidation sites excluding steroid dienone is 1. The van der Waals surface area contributed by atoms with E-state index in [1.807, 2.05) is 42.5 Å². The summed E-state index contributed by atoms with van der Waals surface area (Å²) in [5, 5.41) is 10.4. The molecule has 1 aliphatic heterocycles. The molecule has 4 nitrogen and oxygen atoms in total. The van der Waals surface area contributed by atoms with E-state index in [0.717, 1.165) is 43.9 Å². The fraction of sp³-hybridized carbons (Fsp3) is 0.364. The normalized spacial score (nSPS) is 15.0. The average Bonchev–Trinajstić information content (AvgIpc) is 2.69. The van der Waals surface area contributed by atoms with E-state index in [9.17, 15) is 9.50 Å². The molecule has 0 aromatic heterocycles. The highest BCUT2D eigenvalue weighted by Gasteiger charge is 2.21. The highest BCUT2D eigenvalue weighted by molar-refractivity contribution is 5.85. The maximum Gasteiger partial charge on any atom is 0.146 e. The molecule has 7 heteroatoms. The molecule has 3 rings (SSSR count). The third kappa shape index (κ3) is 7.19. The van der Waals surface area contributed by atoms with Gasteiger partial charge in [0.2, 0.25) is 0 Å². The molecular formula is C22H29Cl2FN2O2.